The van der Waals surface area contributed by atoms with E-state index in [1.165, 1.54) is 10.1 Å². The summed E-state index contributed by atoms with van der Waals surface area (Å²) in [6, 6.07) is 8.47. The first-order valence-corrected chi connectivity index (χ1v) is 9.39. The maximum absolute atomic E-state index is 12.0. The number of hydrogen-bond acceptors (Lipinski definition) is 4. The predicted molar refractivity (Wildman–Crippen MR) is 98.9 cm³/mol. The topological polar surface area (TPSA) is 81.7 Å². The van der Waals surface area contributed by atoms with E-state index >= 15 is 0 Å². The van der Waals surface area contributed by atoms with E-state index in [0.29, 0.717) is 13.1 Å². The van der Waals surface area contributed by atoms with Crippen molar-refractivity contribution >= 4 is 33.4 Å². The Kier molecular flexibility index (Phi) is 5.55. The Labute approximate surface area is 150 Å². The molecule has 0 atom stereocenters. The summed E-state index contributed by atoms with van der Waals surface area (Å²) in [5, 5.41) is 18.0. The number of carboxylic acids is 1. The molecule has 25 heavy (non-hydrogen) atoms. The molecule has 2 amide bonds. The molecule has 6 nitrogen and oxygen atoms in total. The summed E-state index contributed by atoms with van der Waals surface area (Å²) in [7, 11) is 0. The van der Waals surface area contributed by atoms with E-state index in [9.17, 15) is 9.59 Å². The molecule has 1 heterocycles. The van der Waals surface area contributed by atoms with Crippen molar-refractivity contribution in [2.75, 3.05) is 13.1 Å². The second kappa shape index (κ2) is 7.84. The van der Waals surface area contributed by atoms with E-state index in [4.69, 9.17) is 5.11 Å². The number of aliphatic carboxylic acids is 1. The van der Waals surface area contributed by atoms with Crippen LogP contribution in [0.25, 0.3) is 10.1 Å². The lowest BCUT2D eigenvalue weighted by Crippen LogP contribution is -2.56. The van der Waals surface area contributed by atoms with Crippen molar-refractivity contribution in [2.24, 2.45) is 0 Å². The highest BCUT2D eigenvalue weighted by Crippen LogP contribution is 2.25. The molecule has 1 aromatic heterocycles. The summed E-state index contributed by atoms with van der Waals surface area (Å²) in [4.78, 5) is 24.8. The average molecular weight is 361 g/mol. The lowest BCUT2D eigenvalue weighted by molar-refractivity contribution is -0.139. The van der Waals surface area contributed by atoms with Crippen LogP contribution in [0.4, 0.5) is 4.79 Å². The maximum atomic E-state index is 12.0. The summed E-state index contributed by atoms with van der Waals surface area (Å²) in [6.45, 7) is 3.22. The quantitative estimate of drug-likeness (QED) is 0.708. The largest absolute Gasteiger partial charge is 0.480 e. The molecule has 134 valence electrons. The van der Waals surface area contributed by atoms with Crippen LogP contribution in [0, 0.1) is 0 Å². The maximum Gasteiger partial charge on any atom is 0.317 e. The van der Waals surface area contributed by atoms with Gasteiger partial charge in [0.1, 0.15) is 0 Å². The molecule has 3 rings (SSSR count). The summed E-state index contributed by atoms with van der Waals surface area (Å²) < 4.78 is 1.25. The number of rotatable bonds is 7. The molecule has 0 unspecified atom stereocenters. The van der Waals surface area contributed by atoms with E-state index in [1.54, 1.807) is 11.3 Å². The zero-order valence-electron chi connectivity index (χ0n) is 14.2. The molecule has 1 fully saturated rings. The lowest BCUT2D eigenvalue weighted by atomic mass is 9.85. The van der Waals surface area contributed by atoms with Crippen LogP contribution in [0.3, 0.4) is 0 Å². The van der Waals surface area contributed by atoms with Crippen LogP contribution in [-0.2, 0) is 11.3 Å². The molecular formula is C18H23N3O3S. The van der Waals surface area contributed by atoms with Crippen molar-refractivity contribution in [1.29, 1.82) is 0 Å². The second-order valence-electron chi connectivity index (χ2n) is 6.40. The molecule has 1 saturated carbocycles. The van der Waals surface area contributed by atoms with E-state index in [0.717, 1.165) is 18.4 Å². The molecule has 1 aromatic carbocycles. The van der Waals surface area contributed by atoms with E-state index < -0.39 is 5.97 Å². The summed E-state index contributed by atoms with van der Waals surface area (Å²) in [6.07, 6.45) is 1.60. The Bertz CT molecular complexity index is 755. The molecule has 1 aliphatic rings. The van der Waals surface area contributed by atoms with Crippen LogP contribution in [0.2, 0.25) is 0 Å². The monoisotopic (exact) mass is 361 g/mol. The number of urea groups is 1. The number of amides is 2. The van der Waals surface area contributed by atoms with Crippen molar-refractivity contribution in [2.45, 2.75) is 38.4 Å². The number of carbonyl (C=O) groups is 2. The van der Waals surface area contributed by atoms with Crippen molar-refractivity contribution < 1.29 is 14.7 Å². The molecule has 2 aromatic rings. The summed E-state index contributed by atoms with van der Waals surface area (Å²) >= 11 is 1.71. The van der Waals surface area contributed by atoms with Gasteiger partial charge < -0.3 is 15.7 Å². The third-order valence-corrected chi connectivity index (χ3v) is 5.58. The van der Waals surface area contributed by atoms with Crippen LogP contribution >= 0.6 is 11.3 Å². The van der Waals surface area contributed by atoms with Gasteiger partial charge in [-0.3, -0.25) is 9.69 Å². The van der Waals surface area contributed by atoms with Crippen LogP contribution < -0.4 is 10.6 Å². The number of nitrogens with one attached hydrogen (secondary N) is 2. The highest BCUT2D eigenvalue weighted by molar-refractivity contribution is 7.17. The predicted octanol–water partition coefficient (Wildman–Crippen LogP) is 2.64. The van der Waals surface area contributed by atoms with E-state index in [-0.39, 0.29) is 24.7 Å². The van der Waals surface area contributed by atoms with Gasteiger partial charge >= 0.3 is 12.0 Å². The van der Waals surface area contributed by atoms with Gasteiger partial charge in [-0.05, 0) is 53.9 Å². The minimum atomic E-state index is -0.807. The Balaban J connectivity index is 1.41. The number of likely N-dealkylation sites (N-methyl/N-ethyl adjacent to an activating group) is 1. The van der Waals surface area contributed by atoms with E-state index in [2.05, 4.69) is 34.2 Å². The highest BCUT2D eigenvalue weighted by Gasteiger charge is 2.34. The molecule has 0 bridgehead atoms. The van der Waals surface area contributed by atoms with Gasteiger partial charge in [0.2, 0.25) is 0 Å². The number of carbonyl (C=O) groups excluding carboxylic acids is 1. The zero-order valence-corrected chi connectivity index (χ0v) is 15.0. The number of fused-ring (bicyclic) bond motifs is 1. The third-order valence-electron chi connectivity index (χ3n) is 4.68. The normalized spacial score (nSPS) is 19.6. The molecule has 0 radical (unpaired) electrons. The number of nitrogens with zero attached hydrogens (tertiary/aromatic N) is 1. The number of carboxylic acid groups (broad SMARTS) is 1. The van der Waals surface area contributed by atoms with Crippen LogP contribution in [0.1, 0.15) is 25.3 Å². The third kappa shape index (κ3) is 4.49. The Morgan fingerprint density at radius 1 is 1.32 bits per heavy atom. The molecule has 3 N–H and O–H groups in total. The summed E-state index contributed by atoms with van der Waals surface area (Å²) in [5.74, 6) is -0.807. The Morgan fingerprint density at radius 3 is 2.84 bits per heavy atom. The minimum absolute atomic E-state index is 0.0607. The first kappa shape index (κ1) is 17.7. The van der Waals surface area contributed by atoms with Crippen LogP contribution in [0.5, 0.6) is 0 Å². The Morgan fingerprint density at radius 2 is 2.12 bits per heavy atom. The van der Waals surface area contributed by atoms with Crippen molar-refractivity contribution in [3.63, 3.8) is 0 Å². The number of thiophene rings is 1. The lowest BCUT2D eigenvalue weighted by Gasteiger charge is -2.42. The fourth-order valence-electron chi connectivity index (χ4n) is 3.22. The van der Waals surface area contributed by atoms with Gasteiger partial charge in [0.15, 0.2) is 0 Å². The van der Waals surface area contributed by atoms with Crippen molar-refractivity contribution in [3.05, 3.63) is 35.2 Å². The first-order valence-electron chi connectivity index (χ1n) is 8.51. The van der Waals surface area contributed by atoms with Crippen LogP contribution in [0.15, 0.2) is 29.6 Å². The van der Waals surface area contributed by atoms with Gasteiger partial charge in [-0.1, -0.05) is 13.0 Å². The van der Waals surface area contributed by atoms with Gasteiger partial charge in [0.25, 0.3) is 0 Å². The van der Waals surface area contributed by atoms with Gasteiger partial charge in [-0.15, -0.1) is 11.3 Å². The van der Waals surface area contributed by atoms with Gasteiger partial charge in [-0.25, -0.2) is 4.79 Å². The molecule has 1 aliphatic carbocycles. The van der Waals surface area contributed by atoms with Crippen molar-refractivity contribution in [1.82, 2.24) is 15.5 Å². The second-order valence-corrected chi connectivity index (χ2v) is 7.35. The minimum Gasteiger partial charge on any atom is -0.480 e. The van der Waals surface area contributed by atoms with Gasteiger partial charge in [0.05, 0.1) is 6.54 Å². The fourth-order valence-corrected chi connectivity index (χ4v) is 3.99. The number of hydrogen-bond donors (Lipinski definition) is 3. The van der Waals surface area contributed by atoms with Gasteiger partial charge in [-0.2, -0.15) is 0 Å². The van der Waals surface area contributed by atoms with Crippen LogP contribution in [-0.4, -0.2) is 47.2 Å². The molecular weight excluding hydrogens is 338 g/mol. The zero-order chi connectivity index (χ0) is 17.8. The smallest absolute Gasteiger partial charge is 0.317 e. The SMILES string of the molecule is CCN(CC(=O)O)C1CC(NC(=O)NCc2ccc3sccc3c2)C1. The van der Waals surface area contributed by atoms with E-state index in [1.807, 2.05) is 17.9 Å². The molecule has 7 heteroatoms. The molecule has 0 saturated heterocycles. The molecule has 0 spiro atoms. The average Bonchev–Trinajstić information content (AvgIpc) is 3.01. The van der Waals surface area contributed by atoms with Gasteiger partial charge in [0, 0.05) is 23.3 Å². The Hall–Kier alpha value is -2.12. The fraction of sp³-hybridized carbons (Fsp3) is 0.444. The molecule has 0 aliphatic heterocycles. The summed E-state index contributed by atoms with van der Waals surface area (Å²) in [5.41, 5.74) is 1.08. The number of benzene rings is 1. The first-order chi connectivity index (χ1) is 12.0. The van der Waals surface area contributed by atoms with Crippen molar-refractivity contribution in [3.8, 4) is 0 Å². The standard InChI is InChI=1S/C18H23N3O3S/c1-2-21(11-17(22)23)15-8-14(9-15)20-18(24)19-10-12-3-4-16-13(7-12)5-6-25-16/h3-7,14-15H,2,8-11H2,1H3,(H,22,23)(H2,19,20,24). The highest BCUT2D eigenvalue weighted by atomic mass is 32.1.